The molecule has 0 saturated carbocycles. The molecule has 1 aromatic heterocycles. The number of hydrogen-bond acceptors (Lipinski definition) is 2. The first kappa shape index (κ1) is 13.0. The van der Waals surface area contributed by atoms with Crippen LogP contribution in [-0.2, 0) is 0 Å². The van der Waals surface area contributed by atoms with E-state index in [1.807, 2.05) is 0 Å². The van der Waals surface area contributed by atoms with Gasteiger partial charge in [0.15, 0.2) is 23.3 Å². The molecule has 3 nitrogen and oxygen atoms in total. The number of benzene rings is 1. The monoisotopic (exact) mass is 270 g/mol. The van der Waals surface area contributed by atoms with Gasteiger partial charge in [0.05, 0.1) is 11.8 Å². The molecule has 1 heterocycles. The van der Waals surface area contributed by atoms with Gasteiger partial charge in [0, 0.05) is 24.0 Å². The van der Waals surface area contributed by atoms with Crippen molar-refractivity contribution >= 4 is 11.6 Å². The Hall–Kier alpha value is -2.44. The number of hydrogen-bond donors (Lipinski definition) is 1. The molecule has 0 fully saturated rings. The van der Waals surface area contributed by atoms with E-state index in [0.29, 0.717) is 12.1 Å². The van der Waals surface area contributed by atoms with Crippen LogP contribution in [0.3, 0.4) is 0 Å². The van der Waals surface area contributed by atoms with Crippen LogP contribution in [0.4, 0.5) is 23.2 Å². The van der Waals surface area contributed by atoms with Gasteiger partial charge < -0.3 is 5.32 Å². The molecule has 98 valence electrons. The summed E-state index contributed by atoms with van der Waals surface area (Å²) in [6.07, 6.45) is 2.00. The Bertz CT molecular complexity index is 622. The minimum Gasteiger partial charge on any atom is -0.322 e. The van der Waals surface area contributed by atoms with Gasteiger partial charge in [0.2, 0.25) is 0 Å². The second kappa shape index (κ2) is 5.05. The van der Waals surface area contributed by atoms with Crippen LogP contribution in [0.2, 0.25) is 0 Å². The molecule has 19 heavy (non-hydrogen) atoms. The van der Waals surface area contributed by atoms with Crippen molar-refractivity contribution in [2.45, 2.75) is 0 Å². The third kappa shape index (κ3) is 2.70. The van der Waals surface area contributed by atoms with E-state index in [1.165, 1.54) is 6.20 Å². The maximum Gasteiger partial charge on any atom is 0.258 e. The second-order valence-corrected chi connectivity index (χ2v) is 3.56. The molecule has 2 aromatic rings. The summed E-state index contributed by atoms with van der Waals surface area (Å²) in [6.45, 7) is 0. The number of anilines is 1. The Morgan fingerprint density at radius 2 is 1.68 bits per heavy atom. The molecule has 0 aliphatic carbocycles. The minimum atomic E-state index is -1.65. The predicted octanol–water partition coefficient (Wildman–Crippen LogP) is 2.89. The van der Waals surface area contributed by atoms with Crippen LogP contribution >= 0.6 is 0 Å². The van der Waals surface area contributed by atoms with Gasteiger partial charge in [-0.05, 0) is 6.07 Å². The smallest absolute Gasteiger partial charge is 0.258 e. The summed E-state index contributed by atoms with van der Waals surface area (Å²) in [7, 11) is 0. The Balaban J connectivity index is 2.27. The van der Waals surface area contributed by atoms with Crippen molar-refractivity contribution < 1.29 is 22.4 Å². The van der Waals surface area contributed by atoms with Gasteiger partial charge >= 0.3 is 0 Å². The quantitative estimate of drug-likeness (QED) is 0.673. The van der Waals surface area contributed by atoms with Crippen LogP contribution in [0.25, 0.3) is 0 Å². The standard InChI is InChI=1S/C12H6F4N2O/c13-8-3-6(4-9(14)11(8)16)18-12(19)7-1-2-17-5-10(7)15/h1-5H,(H,18,19). The topological polar surface area (TPSA) is 42.0 Å². The van der Waals surface area contributed by atoms with Gasteiger partial charge in [0.1, 0.15) is 0 Å². The van der Waals surface area contributed by atoms with Crippen molar-refractivity contribution in [2.75, 3.05) is 5.32 Å². The molecule has 2 rings (SSSR count). The first-order valence-corrected chi connectivity index (χ1v) is 5.04. The molecule has 0 aliphatic heterocycles. The van der Waals surface area contributed by atoms with Crippen molar-refractivity contribution in [2.24, 2.45) is 0 Å². The Kier molecular flexibility index (Phi) is 3.46. The van der Waals surface area contributed by atoms with Crippen LogP contribution in [0, 0.1) is 23.3 Å². The van der Waals surface area contributed by atoms with Crippen molar-refractivity contribution in [3.63, 3.8) is 0 Å². The maximum atomic E-state index is 13.2. The number of carbonyl (C=O) groups is 1. The molecule has 0 atom stereocenters. The third-order valence-corrected chi connectivity index (χ3v) is 2.26. The Labute approximate surface area is 104 Å². The molecular weight excluding hydrogens is 264 g/mol. The van der Waals surface area contributed by atoms with Gasteiger partial charge in [-0.3, -0.25) is 9.78 Å². The summed E-state index contributed by atoms with van der Waals surface area (Å²) in [6, 6.07) is 2.28. The summed E-state index contributed by atoms with van der Waals surface area (Å²) in [5.41, 5.74) is -0.669. The number of pyridine rings is 1. The number of halogens is 4. The van der Waals surface area contributed by atoms with Crippen LogP contribution in [0.1, 0.15) is 10.4 Å². The molecular formula is C12H6F4N2O. The minimum absolute atomic E-state index is 0.322. The van der Waals surface area contributed by atoms with E-state index in [4.69, 9.17) is 0 Å². The fourth-order valence-corrected chi connectivity index (χ4v) is 1.39. The van der Waals surface area contributed by atoms with E-state index in [-0.39, 0.29) is 11.3 Å². The lowest BCUT2D eigenvalue weighted by Crippen LogP contribution is -2.14. The number of aromatic nitrogens is 1. The zero-order valence-corrected chi connectivity index (χ0v) is 9.25. The molecule has 1 N–H and O–H groups in total. The Morgan fingerprint density at radius 3 is 2.26 bits per heavy atom. The Morgan fingerprint density at radius 1 is 1.05 bits per heavy atom. The van der Waals surface area contributed by atoms with Crippen LogP contribution in [0.5, 0.6) is 0 Å². The second-order valence-electron chi connectivity index (χ2n) is 3.56. The lowest BCUT2D eigenvalue weighted by atomic mass is 10.2. The van der Waals surface area contributed by atoms with Crippen molar-refractivity contribution in [3.05, 3.63) is 59.4 Å². The van der Waals surface area contributed by atoms with Gasteiger partial charge in [-0.25, -0.2) is 17.6 Å². The highest BCUT2D eigenvalue weighted by Gasteiger charge is 2.15. The van der Waals surface area contributed by atoms with E-state index in [9.17, 15) is 22.4 Å². The highest BCUT2D eigenvalue weighted by atomic mass is 19.2. The van der Waals surface area contributed by atoms with Crippen LogP contribution in [0.15, 0.2) is 30.6 Å². The summed E-state index contributed by atoms with van der Waals surface area (Å²) in [5, 5.41) is 2.05. The normalized spacial score (nSPS) is 10.3. The van der Waals surface area contributed by atoms with Gasteiger partial charge in [-0.2, -0.15) is 0 Å². The molecule has 0 bridgehead atoms. The largest absolute Gasteiger partial charge is 0.322 e. The number of nitrogens with zero attached hydrogens (tertiary/aromatic N) is 1. The molecule has 0 radical (unpaired) electrons. The number of carbonyl (C=O) groups excluding carboxylic acids is 1. The zero-order chi connectivity index (χ0) is 14.0. The van der Waals surface area contributed by atoms with Crippen LogP contribution < -0.4 is 5.32 Å². The van der Waals surface area contributed by atoms with Gasteiger partial charge in [-0.1, -0.05) is 0 Å². The number of rotatable bonds is 2. The third-order valence-electron chi connectivity index (χ3n) is 2.26. The summed E-state index contributed by atoms with van der Waals surface area (Å²) >= 11 is 0. The molecule has 7 heteroatoms. The molecule has 0 saturated heterocycles. The number of amides is 1. The van der Waals surface area contributed by atoms with Crippen molar-refractivity contribution in [3.8, 4) is 0 Å². The summed E-state index contributed by atoms with van der Waals surface area (Å²) < 4.78 is 51.8. The number of nitrogens with one attached hydrogen (secondary N) is 1. The van der Waals surface area contributed by atoms with Crippen LogP contribution in [-0.4, -0.2) is 10.9 Å². The van der Waals surface area contributed by atoms with Gasteiger partial charge in [0.25, 0.3) is 5.91 Å². The van der Waals surface area contributed by atoms with E-state index in [2.05, 4.69) is 10.3 Å². The van der Waals surface area contributed by atoms with E-state index in [0.717, 1.165) is 12.3 Å². The van der Waals surface area contributed by atoms with E-state index in [1.54, 1.807) is 0 Å². The van der Waals surface area contributed by atoms with Crippen molar-refractivity contribution in [1.82, 2.24) is 4.98 Å². The average Bonchev–Trinajstić information content (AvgIpc) is 2.36. The zero-order valence-electron chi connectivity index (χ0n) is 9.25. The lowest BCUT2D eigenvalue weighted by molar-refractivity contribution is 0.102. The van der Waals surface area contributed by atoms with E-state index >= 15 is 0 Å². The van der Waals surface area contributed by atoms with Gasteiger partial charge in [-0.15, -0.1) is 0 Å². The molecule has 0 aliphatic rings. The summed E-state index contributed by atoms with van der Waals surface area (Å²) in [4.78, 5) is 15.1. The molecule has 0 unspecified atom stereocenters. The maximum absolute atomic E-state index is 13.2. The average molecular weight is 270 g/mol. The first-order valence-electron chi connectivity index (χ1n) is 5.04. The fourth-order valence-electron chi connectivity index (χ4n) is 1.39. The highest BCUT2D eigenvalue weighted by molar-refractivity contribution is 6.04. The predicted molar refractivity (Wildman–Crippen MR) is 58.5 cm³/mol. The summed E-state index contributed by atoms with van der Waals surface area (Å²) in [5.74, 6) is -6.36. The lowest BCUT2D eigenvalue weighted by Gasteiger charge is -2.06. The highest BCUT2D eigenvalue weighted by Crippen LogP contribution is 2.18. The van der Waals surface area contributed by atoms with Crippen molar-refractivity contribution in [1.29, 1.82) is 0 Å². The SMILES string of the molecule is O=C(Nc1cc(F)c(F)c(F)c1)c1ccncc1F. The fraction of sp³-hybridized carbons (Fsp3) is 0. The first-order chi connectivity index (χ1) is 8.99. The van der Waals surface area contributed by atoms with E-state index < -0.39 is 29.2 Å². The molecule has 1 amide bonds. The molecule has 0 spiro atoms. The molecule has 1 aromatic carbocycles.